The Morgan fingerprint density at radius 2 is 2.08 bits per heavy atom. The van der Waals surface area contributed by atoms with Crippen molar-refractivity contribution in [2.75, 3.05) is 0 Å². The van der Waals surface area contributed by atoms with Crippen molar-refractivity contribution < 1.29 is 0 Å². The highest BCUT2D eigenvalue weighted by molar-refractivity contribution is 7.80. The molecule has 0 radical (unpaired) electrons. The maximum absolute atomic E-state index is 5.64. The smallest absolute Gasteiger partial charge is 0.170 e. The largest absolute Gasteiger partial charge is 0.352 e. The highest BCUT2D eigenvalue weighted by Crippen LogP contribution is 2.40. The van der Waals surface area contributed by atoms with Gasteiger partial charge in [0.2, 0.25) is 0 Å². The molecule has 2 unspecified atom stereocenters. The van der Waals surface area contributed by atoms with Crippen molar-refractivity contribution in [2.45, 2.75) is 18.6 Å². The third-order valence-electron chi connectivity index (χ3n) is 4.11. The van der Waals surface area contributed by atoms with Crippen LogP contribution >= 0.6 is 23.6 Å². The van der Waals surface area contributed by atoms with Crippen LogP contribution in [0, 0.1) is 0 Å². The van der Waals surface area contributed by atoms with E-state index < -0.39 is 0 Å². The summed E-state index contributed by atoms with van der Waals surface area (Å²) in [6, 6.07) is 14.5. The fraction of sp³-hybridized carbons (Fsp3) is 0.167. The van der Waals surface area contributed by atoms with E-state index in [1.165, 1.54) is 4.88 Å². The molecule has 3 aromatic rings. The van der Waals surface area contributed by atoms with E-state index in [4.69, 9.17) is 12.2 Å². The first-order valence-corrected chi connectivity index (χ1v) is 9.02. The van der Waals surface area contributed by atoms with Gasteiger partial charge in [-0.15, -0.1) is 11.3 Å². The molecule has 3 aromatic heterocycles. The molecule has 2 atom stereocenters. The van der Waals surface area contributed by atoms with Gasteiger partial charge in [-0.25, -0.2) is 0 Å². The third kappa shape index (κ3) is 2.90. The van der Waals surface area contributed by atoms with Crippen molar-refractivity contribution in [1.82, 2.24) is 20.2 Å². The summed E-state index contributed by atoms with van der Waals surface area (Å²) in [7, 11) is 0. The third-order valence-corrected chi connectivity index (χ3v) is 5.40. The quantitative estimate of drug-likeness (QED) is 0.725. The number of hydrogen-bond acceptors (Lipinski definition) is 4. The van der Waals surface area contributed by atoms with Crippen LogP contribution in [0.5, 0.6) is 0 Å². The SMILES string of the molecule is S=C1NC(c2ccccn2)C(c2cccs2)N1Cc1cccnc1. The second kappa shape index (κ2) is 6.67. The molecule has 6 heteroatoms. The molecule has 0 aliphatic carbocycles. The zero-order valence-corrected chi connectivity index (χ0v) is 14.5. The van der Waals surface area contributed by atoms with Gasteiger partial charge >= 0.3 is 0 Å². The highest BCUT2D eigenvalue weighted by atomic mass is 32.1. The van der Waals surface area contributed by atoms with Crippen molar-refractivity contribution in [1.29, 1.82) is 0 Å². The van der Waals surface area contributed by atoms with E-state index in [1.54, 1.807) is 17.5 Å². The van der Waals surface area contributed by atoms with Gasteiger partial charge in [0, 0.05) is 30.0 Å². The molecule has 1 aliphatic heterocycles. The Balaban J connectivity index is 1.71. The minimum Gasteiger partial charge on any atom is -0.352 e. The summed E-state index contributed by atoms with van der Waals surface area (Å²) < 4.78 is 0. The zero-order valence-electron chi connectivity index (χ0n) is 12.9. The van der Waals surface area contributed by atoms with Crippen LogP contribution in [0.3, 0.4) is 0 Å². The first-order chi connectivity index (χ1) is 11.8. The topological polar surface area (TPSA) is 41.1 Å². The van der Waals surface area contributed by atoms with Crippen LogP contribution in [0.2, 0.25) is 0 Å². The number of thiocarbonyl (C=S) groups is 1. The van der Waals surface area contributed by atoms with E-state index in [2.05, 4.69) is 49.8 Å². The van der Waals surface area contributed by atoms with Crippen molar-refractivity contribution in [3.63, 3.8) is 0 Å². The minimum absolute atomic E-state index is 0.0500. The Labute approximate surface area is 150 Å². The molecule has 1 aliphatic rings. The van der Waals surface area contributed by atoms with Gasteiger partial charge in [-0.3, -0.25) is 9.97 Å². The molecule has 0 saturated carbocycles. The van der Waals surface area contributed by atoms with Crippen molar-refractivity contribution in [2.24, 2.45) is 0 Å². The van der Waals surface area contributed by atoms with Crippen LogP contribution in [0.4, 0.5) is 0 Å². The normalized spacial score (nSPS) is 20.2. The Morgan fingerprint density at radius 1 is 1.12 bits per heavy atom. The summed E-state index contributed by atoms with van der Waals surface area (Å²) in [4.78, 5) is 12.3. The molecule has 0 spiro atoms. The predicted molar refractivity (Wildman–Crippen MR) is 99.6 cm³/mol. The summed E-state index contributed by atoms with van der Waals surface area (Å²) in [6.45, 7) is 0.728. The average Bonchev–Trinajstić information content (AvgIpc) is 3.25. The van der Waals surface area contributed by atoms with E-state index in [0.717, 1.165) is 22.9 Å². The van der Waals surface area contributed by atoms with Crippen molar-refractivity contribution in [3.8, 4) is 0 Å². The summed E-state index contributed by atoms with van der Waals surface area (Å²) in [6.07, 6.45) is 5.51. The molecular weight excluding hydrogens is 336 g/mol. The van der Waals surface area contributed by atoms with Crippen LogP contribution < -0.4 is 5.32 Å². The second-order valence-electron chi connectivity index (χ2n) is 5.63. The average molecular weight is 352 g/mol. The Morgan fingerprint density at radius 3 is 2.79 bits per heavy atom. The number of rotatable bonds is 4. The first-order valence-electron chi connectivity index (χ1n) is 7.73. The number of nitrogens with one attached hydrogen (secondary N) is 1. The van der Waals surface area contributed by atoms with Crippen molar-refractivity contribution in [3.05, 3.63) is 82.6 Å². The van der Waals surface area contributed by atoms with Crippen LogP contribution in [-0.2, 0) is 6.54 Å². The molecule has 1 saturated heterocycles. The van der Waals surface area contributed by atoms with Crippen molar-refractivity contribution >= 4 is 28.7 Å². The van der Waals surface area contributed by atoms with Gasteiger partial charge in [0.1, 0.15) is 0 Å². The van der Waals surface area contributed by atoms with Crippen LogP contribution in [-0.4, -0.2) is 20.0 Å². The minimum atomic E-state index is 0.0500. The lowest BCUT2D eigenvalue weighted by atomic mass is 10.0. The standard InChI is InChI=1S/C18H16N4S2/c23-18-21-16(14-6-1-2-9-20-14)17(15-7-4-10-24-15)22(18)12-13-5-3-8-19-11-13/h1-11,16-17H,12H2,(H,21,23). The lowest BCUT2D eigenvalue weighted by Crippen LogP contribution is -2.28. The lowest BCUT2D eigenvalue weighted by Gasteiger charge is -2.26. The Bertz CT molecular complexity index is 806. The van der Waals surface area contributed by atoms with Gasteiger partial charge in [0.15, 0.2) is 5.11 Å². The molecule has 1 N–H and O–H groups in total. The van der Waals surface area contributed by atoms with Crippen LogP contribution in [0.25, 0.3) is 0 Å². The van der Waals surface area contributed by atoms with Gasteiger partial charge < -0.3 is 10.2 Å². The molecule has 0 amide bonds. The molecule has 4 rings (SSSR count). The predicted octanol–water partition coefficient (Wildman–Crippen LogP) is 3.71. The van der Waals surface area contributed by atoms with Crippen LogP contribution in [0.15, 0.2) is 66.4 Å². The number of hydrogen-bond donors (Lipinski definition) is 1. The Hall–Kier alpha value is -2.31. The molecule has 24 heavy (non-hydrogen) atoms. The van der Waals surface area contributed by atoms with Gasteiger partial charge in [-0.2, -0.15) is 0 Å². The molecule has 120 valence electrons. The van der Waals surface area contributed by atoms with E-state index in [-0.39, 0.29) is 12.1 Å². The molecule has 4 nitrogen and oxygen atoms in total. The summed E-state index contributed by atoms with van der Waals surface area (Å²) in [5.41, 5.74) is 2.15. The second-order valence-corrected chi connectivity index (χ2v) is 7.00. The van der Waals surface area contributed by atoms with E-state index in [0.29, 0.717) is 0 Å². The maximum atomic E-state index is 5.64. The Kier molecular flexibility index (Phi) is 4.23. The fourth-order valence-corrected chi connectivity index (χ4v) is 4.21. The van der Waals surface area contributed by atoms with E-state index >= 15 is 0 Å². The van der Waals surface area contributed by atoms with Gasteiger partial charge in [-0.05, 0) is 47.4 Å². The lowest BCUT2D eigenvalue weighted by molar-refractivity contribution is 0.315. The first kappa shape index (κ1) is 15.2. The van der Waals surface area contributed by atoms with Gasteiger partial charge in [0.05, 0.1) is 17.8 Å². The monoisotopic (exact) mass is 352 g/mol. The van der Waals surface area contributed by atoms with Gasteiger partial charge in [0.25, 0.3) is 0 Å². The summed E-state index contributed by atoms with van der Waals surface area (Å²) >= 11 is 7.39. The number of thiophene rings is 1. The molecule has 1 fully saturated rings. The molecule has 4 heterocycles. The fourth-order valence-electron chi connectivity index (χ4n) is 3.03. The maximum Gasteiger partial charge on any atom is 0.170 e. The number of nitrogens with zero attached hydrogens (tertiary/aromatic N) is 3. The summed E-state index contributed by atoms with van der Waals surface area (Å²) in [5, 5.41) is 6.32. The molecular formula is C18H16N4S2. The van der Waals surface area contributed by atoms with Gasteiger partial charge in [-0.1, -0.05) is 18.2 Å². The molecule has 0 bridgehead atoms. The highest BCUT2D eigenvalue weighted by Gasteiger charge is 2.40. The molecule has 0 aromatic carbocycles. The summed E-state index contributed by atoms with van der Waals surface area (Å²) in [5.74, 6) is 0. The zero-order chi connectivity index (χ0) is 16.4. The number of aromatic nitrogens is 2. The van der Waals surface area contributed by atoms with E-state index in [9.17, 15) is 0 Å². The number of pyridine rings is 2. The van der Waals surface area contributed by atoms with E-state index in [1.807, 2.05) is 30.6 Å². The van der Waals surface area contributed by atoms with Crippen LogP contribution in [0.1, 0.15) is 28.2 Å².